The van der Waals surface area contributed by atoms with Crippen molar-refractivity contribution in [3.8, 4) is 11.5 Å². The summed E-state index contributed by atoms with van der Waals surface area (Å²) in [5.41, 5.74) is 2.56. The molecule has 3 aromatic rings. The van der Waals surface area contributed by atoms with Gasteiger partial charge >= 0.3 is 6.18 Å². The van der Waals surface area contributed by atoms with Crippen molar-refractivity contribution >= 4 is 12.1 Å². The Morgan fingerprint density at radius 1 is 0.853 bits per heavy atom. The van der Waals surface area contributed by atoms with Crippen LogP contribution in [0.1, 0.15) is 16.7 Å². The highest BCUT2D eigenvalue weighted by atomic mass is 19.4. The lowest BCUT2D eigenvalue weighted by atomic mass is 10.2. The smallest absolute Gasteiger partial charge is 0.405 e. The molecule has 178 valence electrons. The molecule has 0 atom stereocenters. The van der Waals surface area contributed by atoms with Gasteiger partial charge in [0.15, 0.2) is 18.1 Å². The van der Waals surface area contributed by atoms with Gasteiger partial charge in [0.1, 0.15) is 19.8 Å². The van der Waals surface area contributed by atoms with E-state index < -0.39 is 25.2 Å². The number of alkyl halides is 3. The summed E-state index contributed by atoms with van der Waals surface area (Å²) >= 11 is 0. The summed E-state index contributed by atoms with van der Waals surface area (Å²) in [5.74, 6) is 0.0852. The second-order valence-electron chi connectivity index (χ2n) is 7.15. The van der Waals surface area contributed by atoms with E-state index in [0.29, 0.717) is 30.3 Å². The molecule has 1 N–H and O–H groups in total. The number of oxime groups is 1. The Morgan fingerprint density at radius 3 is 2.03 bits per heavy atom. The van der Waals surface area contributed by atoms with E-state index in [1.165, 1.54) is 6.21 Å². The topological polar surface area (TPSA) is 69.2 Å². The molecule has 0 aliphatic carbocycles. The van der Waals surface area contributed by atoms with Crippen LogP contribution in [0.4, 0.5) is 13.2 Å². The molecular formula is C25H23F3N2O4. The predicted octanol–water partition coefficient (Wildman–Crippen LogP) is 4.87. The van der Waals surface area contributed by atoms with Crippen LogP contribution in [0.15, 0.2) is 84.0 Å². The van der Waals surface area contributed by atoms with Crippen LogP contribution in [0.3, 0.4) is 0 Å². The Morgan fingerprint density at radius 2 is 1.44 bits per heavy atom. The molecular weight excluding hydrogens is 449 g/mol. The van der Waals surface area contributed by atoms with Gasteiger partial charge in [0.2, 0.25) is 0 Å². The van der Waals surface area contributed by atoms with Crippen LogP contribution >= 0.6 is 0 Å². The van der Waals surface area contributed by atoms with E-state index in [1.807, 2.05) is 60.7 Å². The number of amides is 1. The highest BCUT2D eigenvalue weighted by Crippen LogP contribution is 2.29. The number of hydrogen-bond acceptors (Lipinski definition) is 5. The first-order valence-electron chi connectivity index (χ1n) is 10.4. The van der Waals surface area contributed by atoms with E-state index in [9.17, 15) is 18.0 Å². The molecule has 0 heterocycles. The minimum Gasteiger partial charge on any atom is -0.485 e. The standard InChI is InChI=1S/C25H23F3N2O4/c26-25(27,28)18-29-24(31)17-34-30-14-21-11-12-22(32-15-19-7-3-1-4-8-19)23(13-21)33-16-20-9-5-2-6-10-20/h1-14H,15-18H2,(H,29,31). The lowest BCUT2D eigenvalue weighted by molar-refractivity contribution is -0.141. The summed E-state index contributed by atoms with van der Waals surface area (Å²) in [4.78, 5) is 16.1. The van der Waals surface area contributed by atoms with Gasteiger partial charge < -0.3 is 19.6 Å². The Labute approximate surface area is 194 Å². The third-order valence-electron chi connectivity index (χ3n) is 4.40. The molecule has 0 fully saturated rings. The monoisotopic (exact) mass is 472 g/mol. The van der Waals surface area contributed by atoms with Gasteiger partial charge in [0.05, 0.1) is 6.21 Å². The average molecular weight is 472 g/mol. The third kappa shape index (κ3) is 8.85. The second-order valence-corrected chi connectivity index (χ2v) is 7.15. The number of halogens is 3. The van der Waals surface area contributed by atoms with Crippen molar-refractivity contribution in [3.05, 3.63) is 95.6 Å². The third-order valence-corrected chi connectivity index (χ3v) is 4.40. The van der Waals surface area contributed by atoms with Gasteiger partial charge in [-0.15, -0.1) is 0 Å². The number of nitrogens with zero attached hydrogens (tertiary/aromatic N) is 1. The van der Waals surface area contributed by atoms with E-state index in [2.05, 4.69) is 5.16 Å². The first-order chi connectivity index (χ1) is 16.4. The minimum atomic E-state index is -4.49. The van der Waals surface area contributed by atoms with E-state index in [4.69, 9.17) is 14.3 Å². The Balaban J connectivity index is 1.62. The molecule has 3 rings (SSSR count). The van der Waals surface area contributed by atoms with Gasteiger partial charge in [-0.1, -0.05) is 65.8 Å². The van der Waals surface area contributed by atoms with Crippen LogP contribution in [0.5, 0.6) is 11.5 Å². The molecule has 0 saturated heterocycles. The van der Waals surface area contributed by atoms with E-state index in [1.54, 1.807) is 23.5 Å². The zero-order valence-electron chi connectivity index (χ0n) is 18.1. The summed E-state index contributed by atoms with van der Waals surface area (Å²) in [7, 11) is 0. The summed E-state index contributed by atoms with van der Waals surface area (Å²) in [6.45, 7) is -1.39. The fraction of sp³-hybridized carbons (Fsp3) is 0.200. The maximum Gasteiger partial charge on any atom is 0.405 e. The van der Waals surface area contributed by atoms with Gasteiger partial charge in [0.25, 0.3) is 5.91 Å². The highest BCUT2D eigenvalue weighted by molar-refractivity contribution is 5.81. The molecule has 34 heavy (non-hydrogen) atoms. The van der Waals surface area contributed by atoms with Crippen LogP contribution in [0, 0.1) is 0 Å². The SMILES string of the molecule is O=C(CON=Cc1ccc(OCc2ccccc2)c(OCc2ccccc2)c1)NCC(F)(F)F. The lowest BCUT2D eigenvalue weighted by Gasteiger charge is -2.14. The van der Waals surface area contributed by atoms with Crippen molar-refractivity contribution in [1.82, 2.24) is 5.32 Å². The van der Waals surface area contributed by atoms with Crippen LogP contribution in [0.2, 0.25) is 0 Å². The maximum absolute atomic E-state index is 12.1. The van der Waals surface area contributed by atoms with Gasteiger partial charge in [-0.25, -0.2) is 0 Å². The van der Waals surface area contributed by atoms with E-state index in [-0.39, 0.29) is 0 Å². The van der Waals surface area contributed by atoms with Gasteiger partial charge in [-0.05, 0) is 29.3 Å². The summed E-state index contributed by atoms with van der Waals surface area (Å²) < 4.78 is 48.2. The molecule has 0 bridgehead atoms. The largest absolute Gasteiger partial charge is 0.485 e. The maximum atomic E-state index is 12.1. The van der Waals surface area contributed by atoms with Crippen molar-refractivity contribution in [2.24, 2.45) is 5.16 Å². The van der Waals surface area contributed by atoms with Crippen molar-refractivity contribution < 1.29 is 32.3 Å². The summed E-state index contributed by atoms with van der Waals surface area (Å²) in [6.07, 6.45) is -3.16. The molecule has 0 aromatic heterocycles. The zero-order chi connectivity index (χ0) is 24.2. The number of carbonyl (C=O) groups is 1. The zero-order valence-corrected chi connectivity index (χ0v) is 18.1. The van der Waals surface area contributed by atoms with Crippen molar-refractivity contribution in [3.63, 3.8) is 0 Å². The Bertz CT molecular complexity index is 1070. The van der Waals surface area contributed by atoms with Crippen LogP contribution < -0.4 is 14.8 Å². The fourth-order valence-electron chi connectivity index (χ4n) is 2.75. The average Bonchev–Trinajstić information content (AvgIpc) is 2.84. The number of nitrogens with one attached hydrogen (secondary N) is 1. The fourth-order valence-corrected chi connectivity index (χ4v) is 2.75. The molecule has 0 unspecified atom stereocenters. The predicted molar refractivity (Wildman–Crippen MR) is 121 cm³/mol. The molecule has 0 spiro atoms. The number of benzene rings is 3. The Kier molecular flexibility index (Phi) is 8.90. The minimum absolute atomic E-state index is 0.318. The number of rotatable bonds is 11. The number of ether oxygens (including phenoxy) is 2. The molecule has 6 nitrogen and oxygen atoms in total. The molecule has 3 aromatic carbocycles. The summed E-state index contributed by atoms with van der Waals surface area (Å²) in [5, 5.41) is 5.34. The van der Waals surface area contributed by atoms with Gasteiger partial charge in [-0.2, -0.15) is 13.2 Å². The molecule has 0 radical (unpaired) electrons. The Hall–Kier alpha value is -4.01. The molecule has 0 aliphatic heterocycles. The van der Waals surface area contributed by atoms with E-state index >= 15 is 0 Å². The molecule has 9 heteroatoms. The van der Waals surface area contributed by atoms with Gasteiger partial charge in [-0.3, -0.25) is 4.79 Å². The van der Waals surface area contributed by atoms with Crippen LogP contribution in [0.25, 0.3) is 0 Å². The molecule has 1 amide bonds. The van der Waals surface area contributed by atoms with Gasteiger partial charge in [0, 0.05) is 5.56 Å². The number of hydrogen-bond donors (Lipinski definition) is 1. The van der Waals surface area contributed by atoms with Crippen molar-refractivity contribution in [2.75, 3.05) is 13.2 Å². The molecule has 0 saturated carbocycles. The normalized spacial score (nSPS) is 11.3. The van der Waals surface area contributed by atoms with Crippen LogP contribution in [-0.2, 0) is 22.8 Å². The highest BCUT2D eigenvalue weighted by Gasteiger charge is 2.27. The van der Waals surface area contributed by atoms with Crippen LogP contribution in [-0.4, -0.2) is 31.4 Å². The second kappa shape index (κ2) is 12.3. The van der Waals surface area contributed by atoms with Crippen molar-refractivity contribution in [1.29, 1.82) is 0 Å². The lowest BCUT2D eigenvalue weighted by Crippen LogP contribution is -2.35. The number of carbonyl (C=O) groups excluding carboxylic acids is 1. The summed E-state index contributed by atoms with van der Waals surface area (Å²) in [6, 6.07) is 24.4. The van der Waals surface area contributed by atoms with Crippen molar-refractivity contribution in [2.45, 2.75) is 19.4 Å². The molecule has 0 aliphatic rings. The first kappa shape index (κ1) is 24.6. The van der Waals surface area contributed by atoms with E-state index in [0.717, 1.165) is 11.1 Å². The quantitative estimate of drug-likeness (QED) is 0.319. The first-order valence-corrected chi connectivity index (χ1v) is 10.4.